The summed E-state index contributed by atoms with van der Waals surface area (Å²) in [5, 5.41) is 10.8. The fourth-order valence-corrected chi connectivity index (χ4v) is 2.87. The van der Waals surface area contributed by atoms with Gasteiger partial charge in [0.2, 0.25) is 0 Å². The summed E-state index contributed by atoms with van der Waals surface area (Å²) in [4.78, 5) is 10.5. The van der Waals surface area contributed by atoms with E-state index in [-0.39, 0.29) is 10.6 Å². The molecule has 0 saturated carbocycles. The predicted molar refractivity (Wildman–Crippen MR) is 96.7 cm³/mol. The SMILES string of the molecule is Cc1ccc(-c2ccc([N+](=O)[O-])cc2)n1-c1ccc(C(C)C)cc1. The molecule has 0 N–H and O–H groups in total. The van der Waals surface area contributed by atoms with Gasteiger partial charge in [-0.05, 0) is 60.4 Å². The molecule has 0 unspecified atom stereocenters. The zero-order chi connectivity index (χ0) is 17.3. The molecule has 24 heavy (non-hydrogen) atoms. The Morgan fingerprint density at radius 1 is 0.917 bits per heavy atom. The number of hydrogen-bond donors (Lipinski definition) is 0. The van der Waals surface area contributed by atoms with E-state index in [9.17, 15) is 10.1 Å². The topological polar surface area (TPSA) is 48.1 Å². The molecule has 0 radical (unpaired) electrons. The number of hydrogen-bond acceptors (Lipinski definition) is 2. The highest BCUT2D eigenvalue weighted by Crippen LogP contribution is 2.28. The molecule has 0 spiro atoms. The van der Waals surface area contributed by atoms with Crippen LogP contribution in [0.15, 0.2) is 60.7 Å². The van der Waals surface area contributed by atoms with E-state index in [4.69, 9.17) is 0 Å². The Kier molecular flexibility index (Phi) is 4.21. The normalized spacial score (nSPS) is 11.0. The van der Waals surface area contributed by atoms with Crippen LogP contribution in [0.25, 0.3) is 16.9 Å². The van der Waals surface area contributed by atoms with E-state index in [1.54, 1.807) is 24.3 Å². The lowest BCUT2D eigenvalue weighted by Gasteiger charge is -2.13. The monoisotopic (exact) mass is 320 g/mol. The molecule has 0 aliphatic rings. The first-order chi connectivity index (χ1) is 11.5. The van der Waals surface area contributed by atoms with Crippen molar-refractivity contribution in [2.75, 3.05) is 0 Å². The second-order valence-corrected chi connectivity index (χ2v) is 6.25. The van der Waals surface area contributed by atoms with Crippen molar-refractivity contribution in [1.29, 1.82) is 0 Å². The first-order valence-electron chi connectivity index (χ1n) is 8.01. The van der Waals surface area contributed by atoms with E-state index < -0.39 is 0 Å². The quantitative estimate of drug-likeness (QED) is 0.472. The Bertz CT molecular complexity index is 860. The maximum atomic E-state index is 10.8. The first-order valence-corrected chi connectivity index (χ1v) is 8.01. The number of non-ortho nitro benzene ring substituents is 1. The summed E-state index contributed by atoms with van der Waals surface area (Å²) < 4.78 is 2.17. The van der Waals surface area contributed by atoms with Gasteiger partial charge in [-0.3, -0.25) is 10.1 Å². The van der Waals surface area contributed by atoms with E-state index in [0.717, 1.165) is 22.6 Å². The van der Waals surface area contributed by atoms with Gasteiger partial charge in [-0.2, -0.15) is 0 Å². The lowest BCUT2D eigenvalue weighted by molar-refractivity contribution is -0.384. The summed E-state index contributed by atoms with van der Waals surface area (Å²) in [6.45, 7) is 6.42. The lowest BCUT2D eigenvalue weighted by Crippen LogP contribution is -1.99. The molecule has 0 bridgehead atoms. The van der Waals surface area contributed by atoms with Crippen LogP contribution in [0, 0.1) is 17.0 Å². The van der Waals surface area contributed by atoms with Gasteiger partial charge in [0.05, 0.1) is 10.6 Å². The van der Waals surface area contributed by atoms with Gasteiger partial charge < -0.3 is 4.57 Å². The molecule has 0 amide bonds. The van der Waals surface area contributed by atoms with Gasteiger partial charge in [0, 0.05) is 23.5 Å². The maximum absolute atomic E-state index is 10.8. The number of aryl methyl sites for hydroxylation is 1. The van der Waals surface area contributed by atoms with Crippen molar-refractivity contribution in [1.82, 2.24) is 4.57 Å². The average molecular weight is 320 g/mol. The minimum Gasteiger partial charge on any atom is -0.314 e. The third-order valence-corrected chi connectivity index (χ3v) is 4.27. The lowest BCUT2D eigenvalue weighted by atomic mass is 10.0. The summed E-state index contributed by atoms with van der Waals surface area (Å²) in [5.41, 5.74) is 5.62. The fraction of sp³-hybridized carbons (Fsp3) is 0.200. The van der Waals surface area contributed by atoms with Crippen LogP contribution in [-0.2, 0) is 0 Å². The number of benzene rings is 2. The van der Waals surface area contributed by atoms with Crippen LogP contribution >= 0.6 is 0 Å². The minimum absolute atomic E-state index is 0.106. The molecule has 0 atom stereocenters. The number of aromatic nitrogens is 1. The number of rotatable bonds is 4. The highest BCUT2D eigenvalue weighted by Gasteiger charge is 2.12. The van der Waals surface area contributed by atoms with Crippen molar-refractivity contribution in [2.24, 2.45) is 0 Å². The maximum Gasteiger partial charge on any atom is 0.269 e. The molecule has 1 heterocycles. The zero-order valence-corrected chi connectivity index (χ0v) is 14.1. The highest BCUT2D eigenvalue weighted by molar-refractivity contribution is 5.65. The third-order valence-electron chi connectivity index (χ3n) is 4.27. The van der Waals surface area contributed by atoms with Crippen molar-refractivity contribution in [2.45, 2.75) is 26.7 Å². The predicted octanol–water partition coefficient (Wildman–Crippen LogP) is 5.48. The Hall–Kier alpha value is -2.88. The fourth-order valence-electron chi connectivity index (χ4n) is 2.87. The van der Waals surface area contributed by atoms with E-state index in [1.165, 1.54) is 5.56 Å². The summed E-state index contributed by atoms with van der Waals surface area (Å²) in [6, 6.07) is 19.3. The number of nitrogens with zero attached hydrogens (tertiary/aromatic N) is 2. The van der Waals surface area contributed by atoms with Crippen molar-refractivity contribution in [3.63, 3.8) is 0 Å². The summed E-state index contributed by atoms with van der Waals surface area (Å²) in [7, 11) is 0. The van der Waals surface area contributed by atoms with Gasteiger partial charge >= 0.3 is 0 Å². The van der Waals surface area contributed by atoms with Gasteiger partial charge in [0.25, 0.3) is 5.69 Å². The Labute approximate surface area is 141 Å². The molecular formula is C20H20N2O2. The van der Waals surface area contributed by atoms with Gasteiger partial charge in [-0.15, -0.1) is 0 Å². The zero-order valence-electron chi connectivity index (χ0n) is 14.1. The van der Waals surface area contributed by atoms with E-state index in [2.05, 4.69) is 55.7 Å². The van der Waals surface area contributed by atoms with Crippen LogP contribution in [0.1, 0.15) is 31.0 Å². The van der Waals surface area contributed by atoms with Crippen LogP contribution in [0.3, 0.4) is 0 Å². The molecule has 1 aromatic heterocycles. The van der Waals surface area contributed by atoms with E-state index in [0.29, 0.717) is 5.92 Å². The average Bonchev–Trinajstić information content (AvgIpc) is 2.96. The second-order valence-electron chi connectivity index (χ2n) is 6.25. The van der Waals surface area contributed by atoms with Crippen LogP contribution in [-0.4, -0.2) is 9.49 Å². The smallest absolute Gasteiger partial charge is 0.269 e. The molecule has 0 aliphatic carbocycles. The van der Waals surface area contributed by atoms with Crippen molar-refractivity contribution >= 4 is 5.69 Å². The molecule has 2 aromatic carbocycles. The van der Waals surface area contributed by atoms with Crippen LogP contribution < -0.4 is 0 Å². The molecule has 4 heteroatoms. The summed E-state index contributed by atoms with van der Waals surface area (Å²) in [5.74, 6) is 0.499. The van der Waals surface area contributed by atoms with Crippen molar-refractivity contribution in [3.8, 4) is 16.9 Å². The molecule has 3 aromatic rings. The molecule has 0 aliphatic heterocycles. The molecule has 0 saturated heterocycles. The second kappa shape index (κ2) is 6.32. The summed E-state index contributed by atoms with van der Waals surface area (Å²) in [6.07, 6.45) is 0. The van der Waals surface area contributed by atoms with E-state index >= 15 is 0 Å². The molecule has 0 fully saturated rings. The van der Waals surface area contributed by atoms with Crippen LogP contribution in [0.5, 0.6) is 0 Å². The van der Waals surface area contributed by atoms with Gasteiger partial charge in [-0.1, -0.05) is 26.0 Å². The molecule has 3 rings (SSSR count). The summed E-state index contributed by atoms with van der Waals surface area (Å²) >= 11 is 0. The van der Waals surface area contributed by atoms with Gasteiger partial charge in [0.15, 0.2) is 0 Å². The Balaban J connectivity index is 2.04. The van der Waals surface area contributed by atoms with Crippen molar-refractivity contribution in [3.05, 3.63) is 82.0 Å². The Morgan fingerprint density at radius 2 is 1.54 bits per heavy atom. The van der Waals surface area contributed by atoms with Gasteiger partial charge in [0.1, 0.15) is 0 Å². The van der Waals surface area contributed by atoms with Crippen LogP contribution in [0.4, 0.5) is 5.69 Å². The molecular weight excluding hydrogens is 300 g/mol. The Morgan fingerprint density at radius 3 is 2.08 bits per heavy atom. The number of nitro benzene ring substituents is 1. The highest BCUT2D eigenvalue weighted by atomic mass is 16.6. The minimum atomic E-state index is -0.376. The number of nitro groups is 1. The van der Waals surface area contributed by atoms with E-state index in [1.807, 2.05) is 6.07 Å². The third kappa shape index (κ3) is 2.95. The standard InChI is InChI=1S/C20H20N2O2/c1-14(2)16-5-9-18(10-6-16)21-15(3)4-13-20(21)17-7-11-19(12-8-17)22(23)24/h4-14H,1-3H3. The van der Waals surface area contributed by atoms with Crippen LogP contribution in [0.2, 0.25) is 0 Å². The molecule has 122 valence electrons. The first kappa shape index (κ1) is 16.0. The van der Waals surface area contributed by atoms with Gasteiger partial charge in [-0.25, -0.2) is 0 Å². The largest absolute Gasteiger partial charge is 0.314 e. The molecule has 4 nitrogen and oxygen atoms in total. The van der Waals surface area contributed by atoms with Crippen molar-refractivity contribution < 1.29 is 4.92 Å².